The molecule has 1 heterocycles. The fourth-order valence-electron chi connectivity index (χ4n) is 2.95. The minimum atomic E-state index is -0.576. The smallest absolute Gasteiger partial charge is 0.408 e. The zero-order valence-electron chi connectivity index (χ0n) is 16.6. The van der Waals surface area contributed by atoms with Crippen LogP contribution in [0, 0.1) is 5.92 Å². The van der Waals surface area contributed by atoms with Gasteiger partial charge < -0.3 is 14.8 Å². The molecule has 148 valence electrons. The number of nitrogens with zero attached hydrogens (tertiary/aromatic N) is 2. The average molecular weight is 383 g/mol. The summed E-state index contributed by atoms with van der Waals surface area (Å²) in [4.78, 5) is 33.0. The lowest BCUT2D eigenvalue weighted by molar-refractivity contribution is 0.0495. The summed E-state index contributed by atoms with van der Waals surface area (Å²) in [5.74, 6) is -0.0920. The van der Waals surface area contributed by atoms with Crippen molar-refractivity contribution in [2.45, 2.75) is 45.3 Å². The fraction of sp³-hybridized carbons (Fsp3) is 0.429. The molecule has 0 radical (unpaired) electrons. The largest absolute Gasteiger partial charge is 0.465 e. The van der Waals surface area contributed by atoms with Gasteiger partial charge in [-0.2, -0.15) is 0 Å². The third kappa shape index (κ3) is 4.85. The van der Waals surface area contributed by atoms with Gasteiger partial charge in [0.05, 0.1) is 30.1 Å². The van der Waals surface area contributed by atoms with Crippen molar-refractivity contribution in [2.24, 2.45) is 5.92 Å². The SMILES string of the molecule is COC(=O)c1ccc(-c2nccnc2C(NC(=O)OC(C)(C)C)C2CC2)cc1. The molecule has 28 heavy (non-hydrogen) atoms. The number of carbonyl (C=O) groups is 2. The third-order valence-electron chi connectivity index (χ3n) is 4.37. The molecule has 3 rings (SSSR count). The number of ether oxygens (including phenoxy) is 2. The van der Waals surface area contributed by atoms with Crippen molar-refractivity contribution in [2.75, 3.05) is 7.11 Å². The predicted octanol–water partition coefficient (Wildman–Crippen LogP) is 3.91. The van der Waals surface area contributed by atoms with Crippen LogP contribution in [-0.2, 0) is 9.47 Å². The lowest BCUT2D eigenvalue weighted by Crippen LogP contribution is -2.36. The quantitative estimate of drug-likeness (QED) is 0.788. The molecule has 1 unspecified atom stereocenters. The van der Waals surface area contributed by atoms with Gasteiger partial charge in [0.15, 0.2) is 0 Å². The number of amides is 1. The molecule has 1 amide bonds. The van der Waals surface area contributed by atoms with E-state index in [2.05, 4.69) is 15.3 Å². The molecule has 0 saturated heterocycles. The maximum atomic E-state index is 12.3. The van der Waals surface area contributed by atoms with Gasteiger partial charge in [-0.15, -0.1) is 0 Å². The van der Waals surface area contributed by atoms with Gasteiger partial charge >= 0.3 is 12.1 Å². The Bertz CT molecular complexity index is 855. The van der Waals surface area contributed by atoms with E-state index in [0.29, 0.717) is 22.9 Å². The van der Waals surface area contributed by atoms with Crippen molar-refractivity contribution in [1.82, 2.24) is 15.3 Å². The molecule has 7 nitrogen and oxygen atoms in total. The number of rotatable bonds is 5. The summed E-state index contributed by atoms with van der Waals surface area (Å²) in [5.41, 5.74) is 2.07. The number of carbonyl (C=O) groups excluding carboxylic acids is 2. The minimum absolute atomic E-state index is 0.279. The van der Waals surface area contributed by atoms with E-state index in [0.717, 1.165) is 18.4 Å². The fourth-order valence-corrected chi connectivity index (χ4v) is 2.95. The van der Waals surface area contributed by atoms with E-state index in [1.807, 2.05) is 20.8 Å². The van der Waals surface area contributed by atoms with Gasteiger partial charge in [0.2, 0.25) is 0 Å². The zero-order valence-corrected chi connectivity index (χ0v) is 16.6. The van der Waals surface area contributed by atoms with Crippen LogP contribution in [0.1, 0.15) is 55.7 Å². The van der Waals surface area contributed by atoms with E-state index in [4.69, 9.17) is 9.47 Å². The van der Waals surface area contributed by atoms with Gasteiger partial charge in [0.25, 0.3) is 0 Å². The van der Waals surface area contributed by atoms with Crippen molar-refractivity contribution in [3.05, 3.63) is 47.9 Å². The van der Waals surface area contributed by atoms with Crippen LogP contribution in [-0.4, -0.2) is 34.7 Å². The molecule has 1 fully saturated rings. The topological polar surface area (TPSA) is 90.4 Å². The van der Waals surface area contributed by atoms with Gasteiger partial charge in [0.1, 0.15) is 5.60 Å². The second kappa shape index (κ2) is 7.96. The molecule has 1 aliphatic rings. The first-order valence-electron chi connectivity index (χ1n) is 9.27. The highest BCUT2D eigenvalue weighted by Crippen LogP contribution is 2.42. The maximum absolute atomic E-state index is 12.3. The molecular weight excluding hydrogens is 358 g/mol. The van der Waals surface area contributed by atoms with Crippen LogP contribution < -0.4 is 5.32 Å². The van der Waals surface area contributed by atoms with Crippen molar-refractivity contribution >= 4 is 12.1 Å². The molecule has 0 spiro atoms. The summed E-state index contributed by atoms with van der Waals surface area (Å²) < 4.78 is 10.2. The van der Waals surface area contributed by atoms with Crippen molar-refractivity contribution in [3.8, 4) is 11.3 Å². The molecule has 1 aromatic heterocycles. The van der Waals surface area contributed by atoms with Crippen LogP contribution in [0.3, 0.4) is 0 Å². The van der Waals surface area contributed by atoms with E-state index in [-0.39, 0.29) is 6.04 Å². The van der Waals surface area contributed by atoms with Crippen LogP contribution >= 0.6 is 0 Å². The predicted molar refractivity (Wildman–Crippen MR) is 104 cm³/mol. The molecule has 0 aliphatic heterocycles. The average Bonchev–Trinajstić information content (AvgIpc) is 3.49. The molecule has 1 atom stereocenters. The normalized spacial score (nSPS) is 14.9. The Labute approximate surface area is 164 Å². The molecule has 1 aliphatic carbocycles. The van der Waals surface area contributed by atoms with Crippen molar-refractivity contribution in [1.29, 1.82) is 0 Å². The number of esters is 1. The first-order valence-corrected chi connectivity index (χ1v) is 9.27. The number of benzene rings is 1. The van der Waals surface area contributed by atoms with Crippen molar-refractivity contribution in [3.63, 3.8) is 0 Å². The summed E-state index contributed by atoms with van der Waals surface area (Å²) in [6.07, 6.45) is 4.79. The molecule has 2 aromatic rings. The van der Waals surface area contributed by atoms with Crippen LogP contribution in [0.25, 0.3) is 11.3 Å². The second-order valence-electron chi connectivity index (χ2n) is 7.82. The van der Waals surface area contributed by atoms with Crippen LogP contribution in [0.4, 0.5) is 4.79 Å². The zero-order chi connectivity index (χ0) is 20.3. The Kier molecular flexibility index (Phi) is 5.63. The molecular formula is C21H25N3O4. The Hall–Kier alpha value is -2.96. The molecule has 1 saturated carbocycles. The summed E-state index contributed by atoms with van der Waals surface area (Å²) in [6, 6.07) is 6.70. The Morgan fingerprint density at radius 3 is 2.32 bits per heavy atom. The van der Waals surface area contributed by atoms with Crippen LogP contribution in [0.15, 0.2) is 36.7 Å². The Morgan fingerprint density at radius 2 is 1.75 bits per heavy atom. The summed E-state index contributed by atoms with van der Waals surface area (Å²) in [7, 11) is 1.35. The Morgan fingerprint density at radius 1 is 1.11 bits per heavy atom. The van der Waals surface area contributed by atoms with Crippen molar-refractivity contribution < 1.29 is 19.1 Å². The van der Waals surface area contributed by atoms with Gasteiger partial charge in [-0.25, -0.2) is 9.59 Å². The minimum Gasteiger partial charge on any atom is -0.465 e. The van der Waals surface area contributed by atoms with E-state index >= 15 is 0 Å². The van der Waals surface area contributed by atoms with E-state index < -0.39 is 17.7 Å². The van der Waals surface area contributed by atoms with E-state index in [1.54, 1.807) is 36.7 Å². The maximum Gasteiger partial charge on any atom is 0.408 e. The summed E-state index contributed by atoms with van der Waals surface area (Å²) in [6.45, 7) is 5.49. The van der Waals surface area contributed by atoms with Crippen LogP contribution in [0.2, 0.25) is 0 Å². The highest BCUT2D eigenvalue weighted by Gasteiger charge is 2.37. The number of aromatic nitrogens is 2. The van der Waals surface area contributed by atoms with Gasteiger partial charge in [0, 0.05) is 18.0 Å². The first kappa shape index (κ1) is 19.8. The lowest BCUT2D eigenvalue weighted by Gasteiger charge is -2.24. The van der Waals surface area contributed by atoms with Gasteiger partial charge in [-0.05, 0) is 51.7 Å². The first-order chi connectivity index (χ1) is 13.3. The Balaban J connectivity index is 1.89. The molecule has 1 N–H and O–H groups in total. The number of hydrogen-bond acceptors (Lipinski definition) is 6. The molecule has 1 aromatic carbocycles. The molecule has 7 heteroatoms. The summed E-state index contributed by atoms with van der Waals surface area (Å²) in [5, 5.41) is 2.96. The highest BCUT2D eigenvalue weighted by molar-refractivity contribution is 5.89. The lowest BCUT2D eigenvalue weighted by atomic mass is 10.0. The number of alkyl carbamates (subject to hydrolysis) is 1. The van der Waals surface area contributed by atoms with Gasteiger partial charge in [-0.1, -0.05) is 12.1 Å². The van der Waals surface area contributed by atoms with E-state index in [9.17, 15) is 9.59 Å². The van der Waals surface area contributed by atoms with Gasteiger partial charge in [-0.3, -0.25) is 9.97 Å². The number of nitrogens with one attached hydrogen (secondary N) is 1. The second-order valence-corrected chi connectivity index (χ2v) is 7.82. The monoisotopic (exact) mass is 383 g/mol. The van der Waals surface area contributed by atoms with Crippen LogP contribution in [0.5, 0.6) is 0 Å². The number of hydrogen-bond donors (Lipinski definition) is 1. The third-order valence-corrected chi connectivity index (χ3v) is 4.37. The number of methoxy groups -OCH3 is 1. The summed E-state index contributed by atoms with van der Waals surface area (Å²) >= 11 is 0. The highest BCUT2D eigenvalue weighted by atomic mass is 16.6. The standard InChI is InChI=1S/C21H25N3O4/c1-21(2,3)28-20(26)24-17(14-5-6-14)18-16(22-11-12-23-18)13-7-9-15(10-8-13)19(25)27-4/h7-12,14,17H,5-6H2,1-4H3,(H,24,26). The molecule has 0 bridgehead atoms. The van der Waals surface area contributed by atoms with E-state index in [1.165, 1.54) is 7.11 Å².